The van der Waals surface area contributed by atoms with Gasteiger partial charge in [-0.3, -0.25) is 9.69 Å². The van der Waals surface area contributed by atoms with Crippen molar-refractivity contribution in [3.63, 3.8) is 0 Å². The number of hydrogen-bond acceptors (Lipinski definition) is 4. The summed E-state index contributed by atoms with van der Waals surface area (Å²) >= 11 is 12.4. The van der Waals surface area contributed by atoms with Gasteiger partial charge in [-0.2, -0.15) is 0 Å². The Kier molecular flexibility index (Phi) is 6.46. The summed E-state index contributed by atoms with van der Waals surface area (Å²) in [7, 11) is 0. The van der Waals surface area contributed by atoms with E-state index in [9.17, 15) is 4.79 Å². The zero-order valence-electron chi connectivity index (χ0n) is 14.6. The number of nitrogens with zero attached hydrogens (tertiary/aromatic N) is 1. The van der Waals surface area contributed by atoms with Crippen LogP contribution in [0.3, 0.4) is 0 Å². The van der Waals surface area contributed by atoms with E-state index in [1.54, 1.807) is 18.4 Å². The van der Waals surface area contributed by atoms with Crippen LogP contribution in [0.1, 0.15) is 41.9 Å². The molecule has 1 aromatic carbocycles. The Morgan fingerprint density at radius 3 is 2.58 bits per heavy atom. The van der Waals surface area contributed by atoms with Crippen molar-refractivity contribution in [1.29, 1.82) is 0 Å². The Morgan fingerprint density at radius 2 is 2.00 bits per heavy atom. The molecule has 0 spiro atoms. The van der Waals surface area contributed by atoms with Crippen molar-refractivity contribution >= 4 is 29.1 Å². The third-order valence-electron chi connectivity index (χ3n) is 4.46. The van der Waals surface area contributed by atoms with Crippen LogP contribution in [0.15, 0.2) is 34.9 Å². The molecule has 1 atom stereocenters. The second kappa shape index (κ2) is 8.80. The van der Waals surface area contributed by atoms with Crippen LogP contribution in [0.2, 0.25) is 10.0 Å². The molecule has 2 aromatic rings. The van der Waals surface area contributed by atoms with E-state index < -0.39 is 0 Å². The second-order valence-electron chi connectivity index (χ2n) is 6.19. The maximum Gasteiger partial charge on any atom is 0.251 e. The molecule has 2 heterocycles. The summed E-state index contributed by atoms with van der Waals surface area (Å²) in [6.45, 7) is 4.75. The predicted molar refractivity (Wildman–Crippen MR) is 102 cm³/mol. The second-order valence-corrected chi connectivity index (χ2v) is 7.00. The van der Waals surface area contributed by atoms with Crippen molar-refractivity contribution in [2.24, 2.45) is 0 Å². The molecule has 1 fully saturated rings. The molecular weight excluding hydrogens is 375 g/mol. The summed E-state index contributed by atoms with van der Waals surface area (Å²) < 4.78 is 11.0. The van der Waals surface area contributed by atoms with Gasteiger partial charge in [0.05, 0.1) is 29.0 Å². The van der Waals surface area contributed by atoms with Crippen LogP contribution in [0.5, 0.6) is 5.75 Å². The molecule has 3 rings (SSSR count). The average molecular weight is 397 g/mol. The van der Waals surface area contributed by atoms with E-state index in [-0.39, 0.29) is 11.9 Å². The summed E-state index contributed by atoms with van der Waals surface area (Å²) in [5.74, 6) is 1.03. The SMILES string of the molecule is CCOc1c(Cl)cc(C(=O)NC[C@@H](c2ccco2)N2CCCC2)cc1Cl. The highest BCUT2D eigenvalue weighted by Crippen LogP contribution is 2.34. The van der Waals surface area contributed by atoms with Gasteiger partial charge < -0.3 is 14.5 Å². The topological polar surface area (TPSA) is 54.7 Å². The number of amides is 1. The van der Waals surface area contributed by atoms with Gasteiger partial charge >= 0.3 is 0 Å². The first-order chi connectivity index (χ1) is 12.6. The molecule has 26 heavy (non-hydrogen) atoms. The zero-order valence-corrected chi connectivity index (χ0v) is 16.1. The number of ether oxygens (including phenoxy) is 1. The monoisotopic (exact) mass is 396 g/mol. The van der Waals surface area contributed by atoms with Crippen LogP contribution in [0.4, 0.5) is 0 Å². The van der Waals surface area contributed by atoms with Gasteiger partial charge in [0.1, 0.15) is 5.76 Å². The number of likely N-dealkylation sites (tertiary alicyclic amines) is 1. The highest BCUT2D eigenvalue weighted by molar-refractivity contribution is 6.37. The zero-order chi connectivity index (χ0) is 18.5. The maximum absolute atomic E-state index is 12.6. The minimum Gasteiger partial charge on any atom is -0.491 e. The third-order valence-corrected chi connectivity index (χ3v) is 5.02. The normalized spacial score (nSPS) is 15.8. The van der Waals surface area contributed by atoms with Gasteiger partial charge in [0.25, 0.3) is 5.91 Å². The van der Waals surface area contributed by atoms with Crippen LogP contribution in [0.25, 0.3) is 0 Å². The number of nitrogens with one attached hydrogen (secondary N) is 1. The van der Waals surface area contributed by atoms with Crippen LogP contribution < -0.4 is 10.1 Å². The Bertz CT molecular complexity index is 720. The third kappa shape index (κ3) is 4.34. The summed E-state index contributed by atoms with van der Waals surface area (Å²) in [4.78, 5) is 14.9. The molecule has 1 aliphatic rings. The number of furan rings is 1. The maximum atomic E-state index is 12.6. The largest absolute Gasteiger partial charge is 0.491 e. The quantitative estimate of drug-likeness (QED) is 0.745. The lowest BCUT2D eigenvalue weighted by Crippen LogP contribution is -2.36. The van der Waals surface area contributed by atoms with Crippen molar-refractivity contribution in [2.75, 3.05) is 26.2 Å². The highest BCUT2D eigenvalue weighted by atomic mass is 35.5. The fourth-order valence-corrected chi connectivity index (χ4v) is 3.80. The fraction of sp³-hybridized carbons (Fsp3) is 0.421. The van der Waals surface area contributed by atoms with Gasteiger partial charge in [0, 0.05) is 12.1 Å². The first-order valence-corrected chi connectivity index (χ1v) is 9.53. The van der Waals surface area contributed by atoms with E-state index in [1.807, 2.05) is 19.1 Å². The summed E-state index contributed by atoms with van der Waals surface area (Å²) in [6, 6.07) is 6.98. The molecule has 1 aliphatic heterocycles. The Balaban J connectivity index is 1.70. The Hall–Kier alpha value is -1.69. The smallest absolute Gasteiger partial charge is 0.251 e. The first kappa shape index (κ1) is 19.1. The molecule has 1 aromatic heterocycles. The van der Waals surface area contributed by atoms with Gasteiger partial charge in [-0.25, -0.2) is 0 Å². The predicted octanol–water partition coefficient (Wildman–Crippen LogP) is 4.55. The van der Waals surface area contributed by atoms with Crippen molar-refractivity contribution < 1.29 is 13.9 Å². The minimum atomic E-state index is -0.229. The molecule has 1 N–H and O–H groups in total. The molecule has 0 unspecified atom stereocenters. The number of carbonyl (C=O) groups is 1. The lowest BCUT2D eigenvalue weighted by atomic mass is 10.1. The van der Waals surface area contributed by atoms with Crippen LogP contribution in [-0.2, 0) is 0 Å². The van der Waals surface area contributed by atoms with Crippen molar-refractivity contribution in [3.8, 4) is 5.75 Å². The molecule has 1 saturated heterocycles. The molecule has 0 aliphatic carbocycles. The Labute approximate surface area is 163 Å². The van der Waals surface area contributed by atoms with Crippen LogP contribution in [0, 0.1) is 0 Å². The summed E-state index contributed by atoms with van der Waals surface area (Å²) in [5.41, 5.74) is 0.406. The van der Waals surface area contributed by atoms with Gasteiger partial charge in [0.2, 0.25) is 0 Å². The summed E-state index contributed by atoms with van der Waals surface area (Å²) in [5, 5.41) is 3.62. The van der Waals surface area contributed by atoms with Gasteiger partial charge in [-0.15, -0.1) is 0 Å². The van der Waals surface area contributed by atoms with Crippen molar-refractivity contribution in [3.05, 3.63) is 51.9 Å². The van der Waals surface area contributed by atoms with Gasteiger partial charge in [0.15, 0.2) is 5.75 Å². The van der Waals surface area contributed by atoms with E-state index in [4.69, 9.17) is 32.4 Å². The molecule has 7 heteroatoms. The number of rotatable bonds is 7. The Morgan fingerprint density at radius 1 is 1.31 bits per heavy atom. The molecular formula is C19H22Cl2N2O3. The van der Waals surface area contributed by atoms with Gasteiger partial charge in [-0.1, -0.05) is 23.2 Å². The van der Waals surface area contributed by atoms with Crippen LogP contribution >= 0.6 is 23.2 Å². The molecule has 140 valence electrons. The van der Waals surface area contributed by atoms with E-state index in [1.165, 1.54) is 0 Å². The molecule has 5 nitrogen and oxygen atoms in total. The number of hydrogen-bond donors (Lipinski definition) is 1. The fourth-order valence-electron chi connectivity index (χ4n) is 3.21. The lowest BCUT2D eigenvalue weighted by Gasteiger charge is -2.26. The van der Waals surface area contributed by atoms with Crippen molar-refractivity contribution in [2.45, 2.75) is 25.8 Å². The molecule has 0 saturated carbocycles. The van der Waals surface area contributed by atoms with E-state index >= 15 is 0 Å². The molecule has 0 radical (unpaired) electrons. The van der Waals surface area contributed by atoms with Gasteiger partial charge in [-0.05, 0) is 57.1 Å². The van der Waals surface area contributed by atoms with Crippen LogP contribution in [-0.4, -0.2) is 37.0 Å². The first-order valence-electron chi connectivity index (χ1n) is 8.77. The number of carbonyl (C=O) groups excluding carboxylic acids is 1. The molecule has 0 bridgehead atoms. The molecule has 1 amide bonds. The summed E-state index contributed by atoms with van der Waals surface area (Å²) in [6.07, 6.45) is 3.98. The number of benzene rings is 1. The lowest BCUT2D eigenvalue weighted by molar-refractivity contribution is 0.0933. The van der Waals surface area contributed by atoms with E-state index in [0.717, 1.165) is 31.7 Å². The number of halogens is 2. The highest BCUT2D eigenvalue weighted by Gasteiger charge is 2.26. The minimum absolute atomic E-state index is 0.0186. The van der Waals surface area contributed by atoms with E-state index in [0.29, 0.717) is 34.5 Å². The van der Waals surface area contributed by atoms with Crippen molar-refractivity contribution in [1.82, 2.24) is 10.2 Å². The standard InChI is InChI=1S/C19H22Cl2N2O3/c1-2-25-18-14(20)10-13(11-15(18)21)19(24)22-12-16(17-6-5-9-26-17)23-7-3-4-8-23/h5-6,9-11,16H,2-4,7-8,12H2,1H3,(H,22,24)/t16-/m0/s1. The van der Waals surface area contributed by atoms with E-state index in [2.05, 4.69) is 10.2 Å². The average Bonchev–Trinajstić information content (AvgIpc) is 3.32.